The molecule has 0 saturated heterocycles. The zero-order valence-corrected chi connectivity index (χ0v) is 12.1. The maximum atomic E-state index is 11.7. The Balaban J connectivity index is 2.62. The largest absolute Gasteiger partial charge is 0.482 e. The van der Waals surface area contributed by atoms with E-state index in [2.05, 4.69) is 9.46 Å². The molecule has 2 N–H and O–H groups in total. The summed E-state index contributed by atoms with van der Waals surface area (Å²) < 4.78 is 35.0. The quantitative estimate of drug-likeness (QED) is 0.668. The smallest absolute Gasteiger partial charge is 0.341 e. The Morgan fingerprint density at radius 1 is 1.24 bits per heavy atom. The Kier molecular flexibility index (Phi) is 5.97. The summed E-state index contributed by atoms with van der Waals surface area (Å²) in [6.07, 6.45) is 0. The minimum Gasteiger partial charge on any atom is -0.482 e. The van der Waals surface area contributed by atoms with Crippen molar-refractivity contribution in [3.05, 3.63) is 24.3 Å². The van der Waals surface area contributed by atoms with Crippen LogP contribution in [0.1, 0.15) is 6.92 Å². The van der Waals surface area contributed by atoms with E-state index in [1.165, 1.54) is 24.3 Å². The van der Waals surface area contributed by atoms with Gasteiger partial charge in [0.15, 0.2) is 12.4 Å². The summed E-state index contributed by atoms with van der Waals surface area (Å²) in [6.45, 7) is 1.19. The van der Waals surface area contributed by atoms with Crippen molar-refractivity contribution in [2.24, 2.45) is 0 Å². The third kappa shape index (κ3) is 6.61. The van der Waals surface area contributed by atoms with Crippen LogP contribution in [-0.4, -0.2) is 44.4 Å². The van der Waals surface area contributed by atoms with Crippen LogP contribution >= 0.6 is 0 Å². The number of hydrogen-bond donors (Lipinski definition) is 2. The fourth-order valence-electron chi connectivity index (χ4n) is 1.34. The molecule has 0 unspecified atom stereocenters. The van der Waals surface area contributed by atoms with Gasteiger partial charge in [-0.15, -0.1) is 0 Å². The van der Waals surface area contributed by atoms with E-state index in [1.807, 2.05) is 0 Å². The van der Waals surface area contributed by atoms with Crippen LogP contribution in [-0.2, 0) is 24.3 Å². The molecule has 0 aliphatic heterocycles. The Morgan fingerprint density at radius 2 is 1.86 bits per heavy atom. The molecule has 0 saturated carbocycles. The van der Waals surface area contributed by atoms with Gasteiger partial charge >= 0.3 is 11.9 Å². The van der Waals surface area contributed by atoms with E-state index >= 15 is 0 Å². The van der Waals surface area contributed by atoms with E-state index in [-0.39, 0.29) is 18.0 Å². The number of carboxylic acid groups (broad SMARTS) is 1. The minimum absolute atomic E-state index is 0.101. The topological polar surface area (TPSA) is 119 Å². The summed E-state index contributed by atoms with van der Waals surface area (Å²) >= 11 is 0. The Bertz CT molecular complexity index is 595. The van der Waals surface area contributed by atoms with Crippen molar-refractivity contribution in [2.45, 2.75) is 6.92 Å². The van der Waals surface area contributed by atoms with Gasteiger partial charge < -0.3 is 14.6 Å². The number of carbonyl (C=O) groups is 2. The number of nitrogens with one attached hydrogen (secondary N) is 1. The van der Waals surface area contributed by atoms with Crippen molar-refractivity contribution in [2.75, 3.05) is 23.7 Å². The molecule has 0 amide bonds. The second-order valence-electron chi connectivity index (χ2n) is 3.87. The van der Waals surface area contributed by atoms with Gasteiger partial charge in [0.25, 0.3) is 0 Å². The van der Waals surface area contributed by atoms with Crippen LogP contribution in [0.15, 0.2) is 24.3 Å². The molecular weight excluding hydrogens is 302 g/mol. The van der Waals surface area contributed by atoms with Crippen molar-refractivity contribution in [3.63, 3.8) is 0 Å². The number of carboxylic acids is 1. The first kappa shape index (κ1) is 16.8. The van der Waals surface area contributed by atoms with Gasteiger partial charge in [0, 0.05) is 5.69 Å². The minimum atomic E-state index is -3.85. The maximum absolute atomic E-state index is 11.7. The molecule has 0 fully saturated rings. The standard InChI is InChI=1S/C12H15NO7S/c1-2-19-12(16)8-21(17,18)13-9-3-5-10(6-4-9)20-7-11(14)15/h3-6,13H,2,7-8H2,1H3,(H,14,15). The van der Waals surface area contributed by atoms with Gasteiger partial charge in [0.05, 0.1) is 6.61 Å². The van der Waals surface area contributed by atoms with Crippen molar-refractivity contribution >= 4 is 27.6 Å². The van der Waals surface area contributed by atoms with E-state index in [9.17, 15) is 18.0 Å². The fourth-order valence-corrected chi connectivity index (χ4v) is 2.30. The summed E-state index contributed by atoms with van der Waals surface area (Å²) in [6, 6.07) is 5.59. The van der Waals surface area contributed by atoms with Gasteiger partial charge in [-0.1, -0.05) is 0 Å². The predicted molar refractivity (Wildman–Crippen MR) is 73.6 cm³/mol. The number of hydrogen-bond acceptors (Lipinski definition) is 6. The number of benzene rings is 1. The number of esters is 1. The summed E-state index contributed by atoms with van der Waals surface area (Å²) in [4.78, 5) is 21.5. The van der Waals surface area contributed by atoms with E-state index in [0.29, 0.717) is 0 Å². The van der Waals surface area contributed by atoms with Crippen LogP contribution in [0.3, 0.4) is 0 Å². The number of aliphatic carboxylic acids is 1. The molecule has 0 aromatic heterocycles. The molecule has 0 radical (unpaired) electrons. The molecule has 0 heterocycles. The van der Waals surface area contributed by atoms with Crippen molar-refractivity contribution in [1.82, 2.24) is 0 Å². The highest BCUT2D eigenvalue weighted by molar-refractivity contribution is 7.93. The lowest BCUT2D eigenvalue weighted by Crippen LogP contribution is -2.24. The molecule has 1 aromatic rings. The molecule has 0 spiro atoms. The van der Waals surface area contributed by atoms with Gasteiger partial charge in [-0.3, -0.25) is 9.52 Å². The first-order valence-corrected chi connectivity index (χ1v) is 7.58. The molecule has 21 heavy (non-hydrogen) atoms. The zero-order valence-electron chi connectivity index (χ0n) is 11.2. The molecular formula is C12H15NO7S. The van der Waals surface area contributed by atoms with Gasteiger partial charge in [0.2, 0.25) is 10.0 Å². The second kappa shape index (κ2) is 7.48. The van der Waals surface area contributed by atoms with E-state index in [0.717, 1.165) is 0 Å². The molecule has 0 aliphatic rings. The van der Waals surface area contributed by atoms with Gasteiger partial charge in [0.1, 0.15) is 5.75 Å². The monoisotopic (exact) mass is 317 g/mol. The maximum Gasteiger partial charge on any atom is 0.341 e. The lowest BCUT2D eigenvalue weighted by Gasteiger charge is -2.08. The number of rotatable bonds is 8. The molecule has 1 rings (SSSR count). The van der Waals surface area contributed by atoms with Gasteiger partial charge in [-0.05, 0) is 31.2 Å². The van der Waals surface area contributed by atoms with E-state index in [4.69, 9.17) is 9.84 Å². The first-order valence-electron chi connectivity index (χ1n) is 5.93. The Hall–Kier alpha value is -2.29. The first-order chi connectivity index (χ1) is 9.82. The van der Waals surface area contributed by atoms with Crippen LogP contribution < -0.4 is 9.46 Å². The summed E-state index contributed by atoms with van der Waals surface area (Å²) in [5.41, 5.74) is 0.224. The van der Waals surface area contributed by atoms with E-state index < -0.39 is 34.3 Å². The Morgan fingerprint density at radius 3 is 2.38 bits per heavy atom. The number of carbonyl (C=O) groups excluding carboxylic acids is 1. The van der Waals surface area contributed by atoms with Gasteiger partial charge in [-0.2, -0.15) is 0 Å². The van der Waals surface area contributed by atoms with Crippen LogP contribution in [0.25, 0.3) is 0 Å². The van der Waals surface area contributed by atoms with Crippen LogP contribution in [0, 0.1) is 0 Å². The van der Waals surface area contributed by atoms with Crippen molar-refractivity contribution in [3.8, 4) is 5.75 Å². The highest BCUT2D eigenvalue weighted by Gasteiger charge is 2.17. The average molecular weight is 317 g/mol. The number of anilines is 1. The lowest BCUT2D eigenvalue weighted by molar-refractivity contribution is -0.140. The average Bonchev–Trinajstić information content (AvgIpc) is 2.37. The third-order valence-corrected chi connectivity index (χ3v) is 3.27. The molecule has 0 bridgehead atoms. The summed E-state index contributed by atoms with van der Waals surface area (Å²) in [5.74, 6) is -2.45. The third-order valence-electron chi connectivity index (χ3n) is 2.10. The normalized spacial score (nSPS) is 10.7. The fraction of sp³-hybridized carbons (Fsp3) is 0.333. The highest BCUT2D eigenvalue weighted by atomic mass is 32.2. The van der Waals surface area contributed by atoms with E-state index in [1.54, 1.807) is 6.92 Å². The summed E-state index contributed by atoms with van der Waals surface area (Å²) in [7, 11) is -3.85. The summed E-state index contributed by atoms with van der Waals surface area (Å²) in [5, 5.41) is 8.45. The van der Waals surface area contributed by atoms with Crippen LogP contribution in [0.5, 0.6) is 5.75 Å². The molecule has 116 valence electrons. The molecule has 8 nitrogen and oxygen atoms in total. The predicted octanol–water partition coefficient (Wildman–Crippen LogP) is 0.455. The zero-order chi connectivity index (χ0) is 15.9. The molecule has 0 atom stereocenters. The van der Waals surface area contributed by atoms with Crippen LogP contribution in [0.4, 0.5) is 5.69 Å². The number of ether oxygens (including phenoxy) is 2. The van der Waals surface area contributed by atoms with Crippen LogP contribution in [0.2, 0.25) is 0 Å². The second-order valence-corrected chi connectivity index (χ2v) is 5.60. The molecule has 0 aliphatic carbocycles. The SMILES string of the molecule is CCOC(=O)CS(=O)(=O)Nc1ccc(OCC(=O)O)cc1. The van der Waals surface area contributed by atoms with Crippen molar-refractivity contribution < 1.29 is 32.6 Å². The molecule has 9 heteroatoms. The number of sulfonamides is 1. The van der Waals surface area contributed by atoms with Gasteiger partial charge in [-0.25, -0.2) is 13.2 Å². The molecule has 1 aromatic carbocycles. The van der Waals surface area contributed by atoms with Crippen molar-refractivity contribution in [1.29, 1.82) is 0 Å². The Labute approximate surface area is 121 Å². The lowest BCUT2D eigenvalue weighted by atomic mass is 10.3. The highest BCUT2D eigenvalue weighted by Crippen LogP contribution is 2.16.